The third-order valence-electron chi connectivity index (χ3n) is 4.11. The van der Waals surface area contributed by atoms with Gasteiger partial charge in [-0.15, -0.1) is 0 Å². The van der Waals surface area contributed by atoms with Crippen LogP contribution in [0.25, 0.3) is 0 Å². The average Bonchev–Trinajstić information content (AvgIpc) is 2.69. The van der Waals surface area contributed by atoms with E-state index in [1.807, 2.05) is 11.8 Å². The highest BCUT2D eigenvalue weighted by atomic mass is 16.2. The number of aryl methyl sites for hydroxylation is 2. The highest BCUT2D eigenvalue weighted by Crippen LogP contribution is 2.28. The molecule has 1 amide bonds. The SMILES string of the molecule is Cc1ccc(C)c(C2NC(C)C(=O)N2CCCN(C)C)c1. The van der Waals surface area contributed by atoms with Crippen LogP contribution in [0.4, 0.5) is 0 Å². The summed E-state index contributed by atoms with van der Waals surface area (Å²) >= 11 is 0. The lowest BCUT2D eigenvalue weighted by atomic mass is 10.0. The molecule has 1 aliphatic heterocycles. The van der Waals surface area contributed by atoms with E-state index in [1.165, 1.54) is 16.7 Å². The van der Waals surface area contributed by atoms with Gasteiger partial charge >= 0.3 is 0 Å². The van der Waals surface area contributed by atoms with Crippen molar-refractivity contribution in [1.82, 2.24) is 15.1 Å². The monoisotopic (exact) mass is 289 g/mol. The van der Waals surface area contributed by atoms with Gasteiger partial charge in [-0.2, -0.15) is 0 Å². The van der Waals surface area contributed by atoms with Gasteiger partial charge in [0.05, 0.1) is 6.04 Å². The molecule has 0 spiro atoms. The smallest absolute Gasteiger partial charge is 0.241 e. The van der Waals surface area contributed by atoms with Crippen molar-refractivity contribution in [3.8, 4) is 0 Å². The van der Waals surface area contributed by atoms with Crippen molar-refractivity contribution in [1.29, 1.82) is 0 Å². The van der Waals surface area contributed by atoms with Gasteiger partial charge in [0, 0.05) is 6.54 Å². The van der Waals surface area contributed by atoms with E-state index in [2.05, 4.69) is 56.4 Å². The Kier molecular flexibility index (Phi) is 5.01. The van der Waals surface area contributed by atoms with Gasteiger partial charge in [-0.05, 0) is 59.0 Å². The topological polar surface area (TPSA) is 35.6 Å². The molecule has 2 unspecified atom stereocenters. The molecule has 1 saturated heterocycles. The van der Waals surface area contributed by atoms with E-state index in [-0.39, 0.29) is 18.1 Å². The predicted octanol–water partition coefficient (Wildman–Crippen LogP) is 2.07. The van der Waals surface area contributed by atoms with Crippen LogP contribution in [0.5, 0.6) is 0 Å². The number of carbonyl (C=O) groups is 1. The fraction of sp³-hybridized carbons (Fsp3) is 0.588. The molecule has 116 valence electrons. The Morgan fingerprint density at radius 3 is 2.67 bits per heavy atom. The Morgan fingerprint density at radius 1 is 1.29 bits per heavy atom. The Labute approximate surface area is 128 Å². The fourth-order valence-electron chi connectivity index (χ4n) is 2.88. The van der Waals surface area contributed by atoms with Crippen LogP contribution in [0.3, 0.4) is 0 Å². The van der Waals surface area contributed by atoms with Crippen LogP contribution in [-0.4, -0.2) is 48.9 Å². The quantitative estimate of drug-likeness (QED) is 0.901. The first-order chi connectivity index (χ1) is 9.90. The lowest BCUT2D eigenvalue weighted by Gasteiger charge is -2.26. The molecule has 1 aromatic carbocycles. The summed E-state index contributed by atoms with van der Waals surface area (Å²) in [4.78, 5) is 16.6. The third kappa shape index (κ3) is 3.63. The van der Waals surface area contributed by atoms with Gasteiger partial charge in [0.2, 0.25) is 5.91 Å². The summed E-state index contributed by atoms with van der Waals surface area (Å²) in [7, 11) is 4.13. The van der Waals surface area contributed by atoms with E-state index in [0.29, 0.717) is 0 Å². The normalized spacial score (nSPS) is 22.4. The van der Waals surface area contributed by atoms with Crippen LogP contribution >= 0.6 is 0 Å². The first-order valence-corrected chi connectivity index (χ1v) is 7.68. The van der Waals surface area contributed by atoms with E-state index in [9.17, 15) is 4.79 Å². The minimum absolute atomic E-state index is 0.00885. The summed E-state index contributed by atoms with van der Waals surface area (Å²) in [6.07, 6.45) is 1.00. The summed E-state index contributed by atoms with van der Waals surface area (Å²) in [5, 5.41) is 3.44. The molecule has 0 aliphatic carbocycles. The number of amides is 1. The molecule has 1 aromatic rings. The molecule has 1 aliphatic rings. The molecule has 2 atom stereocenters. The Balaban J connectivity index is 2.19. The molecule has 4 heteroatoms. The molecular formula is C17H27N3O. The summed E-state index contributed by atoms with van der Waals surface area (Å²) in [5.74, 6) is 0.208. The molecule has 2 rings (SSSR count). The van der Waals surface area contributed by atoms with E-state index in [4.69, 9.17) is 0 Å². The summed E-state index contributed by atoms with van der Waals surface area (Å²) in [5.41, 5.74) is 3.69. The molecule has 0 bridgehead atoms. The molecule has 1 fully saturated rings. The maximum absolute atomic E-state index is 12.4. The van der Waals surface area contributed by atoms with Gasteiger partial charge in [0.1, 0.15) is 6.17 Å². The van der Waals surface area contributed by atoms with Crippen molar-refractivity contribution in [3.05, 3.63) is 34.9 Å². The van der Waals surface area contributed by atoms with Crippen molar-refractivity contribution >= 4 is 5.91 Å². The summed E-state index contributed by atoms with van der Waals surface area (Å²) in [6.45, 7) is 7.96. The predicted molar refractivity (Wildman–Crippen MR) is 86.1 cm³/mol. The highest BCUT2D eigenvalue weighted by molar-refractivity contribution is 5.84. The van der Waals surface area contributed by atoms with Crippen LogP contribution in [0.15, 0.2) is 18.2 Å². The van der Waals surface area contributed by atoms with Crippen LogP contribution in [-0.2, 0) is 4.79 Å². The lowest BCUT2D eigenvalue weighted by molar-refractivity contribution is -0.129. The zero-order valence-electron chi connectivity index (χ0n) is 13.8. The van der Waals surface area contributed by atoms with Gasteiger partial charge in [0.15, 0.2) is 0 Å². The number of nitrogens with zero attached hydrogens (tertiary/aromatic N) is 2. The minimum Gasteiger partial charge on any atom is -0.322 e. The number of carbonyl (C=O) groups excluding carboxylic acids is 1. The number of benzene rings is 1. The van der Waals surface area contributed by atoms with Crippen molar-refractivity contribution in [3.63, 3.8) is 0 Å². The molecule has 1 N–H and O–H groups in total. The van der Waals surface area contributed by atoms with Gasteiger partial charge < -0.3 is 9.80 Å². The van der Waals surface area contributed by atoms with Crippen molar-refractivity contribution in [2.24, 2.45) is 0 Å². The van der Waals surface area contributed by atoms with Gasteiger partial charge in [0.25, 0.3) is 0 Å². The molecule has 21 heavy (non-hydrogen) atoms. The minimum atomic E-state index is -0.103. The second-order valence-electron chi connectivity index (χ2n) is 6.34. The van der Waals surface area contributed by atoms with Crippen molar-refractivity contribution in [2.45, 2.75) is 39.4 Å². The van der Waals surface area contributed by atoms with Gasteiger partial charge in [-0.3, -0.25) is 10.1 Å². The summed E-state index contributed by atoms with van der Waals surface area (Å²) < 4.78 is 0. The largest absolute Gasteiger partial charge is 0.322 e. The maximum Gasteiger partial charge on any atom is 0.241 e. The Bertz CT molecular complexity index is 513. The number of hydrogen-bond acceptors (Lipinski definition) is 3. The zero-order valence-corrected chi connectivity index (χ0v) is 13.8. The fourth-order valence-corrected chi connectivity index (χ4v) is 2.88. The van der Waals surface area contributed by atoms with Crippen molar-refractivity contribution < 1.29 is 4.79 Å². The number of nitrogens with one attached hydrogen (secondary N) is 1. The van der Waals surface area contributed by atoms with Crippen LogP contribution in [0.1, 0.15) is 36.2 Å². The number of rotatable bonds is 5. The van der Waals surface area contributed by atoms with E-state index < -0.39 is 0 Å². The lowest BCUT2D eigenvalue weighted by Crippen LogP contribution is -2.33. The molecule has 1 heterocycles. The van der Waals surface area contributed by atoms with E-state index >= 15 is 0 Å². The van der Waals surface area contributed by atoms with Crippen molar-refractivity contribution in [2.75, 3.05) is 27.2 Å². The molecule has 4 nitrogen and oxygen atoms in total. The second-order valence-corrected chi connectivity index (χ2v) is 6.34. The standard InChI is InChI=1S/C17H27N3O/c1-12-7-8-13(2)15(11-12)16-18-14(3)17(21)20(16)10-6-9-19(4)5/h7-8,11,14,16,18H,6,9-10H2,1-5H3. The molecule has 0 radical (unpaired) electrons. The molecule has 0 aromatic heterocycles. The second kappa shape index (κ2) is 6.58. The van der Waals surface area contributed by atoms with Crippen LogP contribution in [0, 0.1) is 13.8 Å². The Morgan fingerprint density at radius 2 is 2.00 bits per heavy atom. The Hall–Kier alpha value is -1.39. The number of hydrogen-bond donors (Lipinski definition) is 1. The first-order valence-electron chi connectivity index (χ1n) is 7.68. The molecular weight excluding hydrogens is 262 g/mol. The van der Waals surface area contributed by atoms with Crippen LogP contribution in [0.2, 0.25) is 0 Å². The third-order valence-corrected chi connectivity index (χ3v) is 4.11. The molecule has 0 saturated carbocycles. The van der Waals surface area contributed by atoms with Gasteiger partial charge in [-0.25, -0.2) is 0 Å². The zero-order chi connectivity index (χ0) is 15.6. The summed E-state index contributed by atoms with van der Waals surface area (Å²) in [6, 6.07) is 6.35. The van der Waals surface area contributed by atoms with Crippen LogP contribution < -0.4 is 5.32 Å². The van der Waals surface area contributed by atoms with E-state index in [1.54, 1.807) is 0 Å². The van der Waals surface area contributed by atoms with E-state index in [0.717, 1.165) is 19.5 Å². The highest BCUT2D eigenvalue weighted by Gasteiger charge is 2.37. The van der Waals surface area contributed by atoms with Gasteiger partial charge in [-0.1, -0.05) is 23.8 Å². The average molecular weight is 289 g/mol. The first kappa shape index (κ1) is 16.0. The maximum atomic E-state index is 12.4.